The first-order valence-electron chi connectivity index (χ1n) is 5.12. The van der Waals surface area contributed by atoms with E-state index in [0.717, 1.165) is 25.1 Å². The van der Waals surface area contributed by atoms with Crippen LogP contribution < -0.4 is 11.1 Å². The van der Waals surface area contributed by atoms with Gasteiger partial charge >= 0.3 is 0 Å². The maximum Gasteiger partial charge on any atom is 0.0992 e. The molecule has 90 valence electrons. The highest BCUT2D eigenvalue weighted by Crippen LogP contribution is 2.29. The van der Waals surface area contributed by atoms with Crippen molar-refractivity contribution >= 4 is 55.6 Å². The predicted molar refractivity (Wildman–Crippen MR) is 85.7 cm³/mol. The maximum atomic E-state index is 8.81. The number of hydrogen-bond donors (Lipinski definition) is 2. The summed E-state index contributed by atoms with van der Waals surface area (Å²) in [6.45, 7) is 0. The average molecular weight is 414 g/mol. The van der Waals surface area contributed by atoms with Crippen molar-refractivity contribution in [3.8, 4) is 6.07 Å². The van der Waals surface area contributed by atoms with Gasteiger partial charge in [0.05, 0.1) is 23.0 Å². The van der Waals surface area contributed by atoms with Gasteiger partial charge in [0.2, 0.25) is 0 Å². The normalized spacial score (nSPS) is 9.83. The van der Waals surface area contributed by atoms with Crippen LogP contribution in [0.1, 0.15) is 5.56 Å². The van der Waals surface area contributed by atoms with Gasteiger partial charge in [0.1, 0.15) is 0 Å². The van der Waals surface area contributed by atoms with Crippen LogP contribution in [0.3, 0.4) is 0 Å². The summed E-state index contributed by atoms with van der Waals surface area (Å²) >= 11 is 5.67. The van der Waals surface area contributed by atoms with E-state index in [9.17, 15) is 0 Å². The number of halogens is 2. The number of anilines is 3. The monoisotopic (exact) mass is 413 g/mol. The van der Waals surface area contributed by atoms with Crippen LogP contribution in [0.15, 0.2) is 40.9 Å². The number of nitrogens with two attached hydrogens (primary N) is 1. The molecule has 0 unspecified atom stereocenters. The van der Waals surface area contributed by atoms with Gasteiger partial charge in [-0.3, -0.25) is 0 Å². The van der Waals surface area contributed by atoms with Gasteiger partial charge in [0.15, 0.2) is 0 Å². The zero-order chi connectivity index (χ0) is 13.1. The minimum absolute atomic E-state index is 0.624. The summed E-state index contributed by atoms with van der Waals surface area (Å²) in [7, 11) is 0. The maximum absolute atomic E-state index is 8.81. The van der Waals surface area contributed by atoms with Gasteiger partial charge in [-0.25, -0.2) is 0 Å². The summed E-state index contributed by atoms with van der Waals surface area (Å²) in [5, 5.41) is 12.1. The Balaban J connectivity index is 2.32. The number of nitriles is 1. The van der Waals surface area contributed by atoms with Crippen molar-refractivity contribution in [3.05, 3.63) is 50.0 Å². The van der Waals surface area contributed by atoms with E-state index in [1.54, 1.807) is 12.1 Å². The number of hydrogen-bond acceptors (Lipinski definition) is 3. The Labute approximate surface area is 127 Å². The number of rotatable bonds is 2. The van der Waals surface area contributed by atoms with E-state index in [0.29, 0.717) is 5.56 Å². The molecule has 0 atom stereocenters. The fraction of sp³-hybridized carbons (Fsp3) is 0. The summed E-state index contributed by atoms with van der Waals surface area (Å²) in [5.41, 5.74) is 8.97. The standard InChI is InChI=1S/C13H9BrIN3/c14-10-5-8(7-16)1-3-12(10)18-13-4-2-9(17)6-11(13)15/h1-6,18H,17H2. The molecule has 0 fully saturated rings. The Kier molecular flexibility index (Phi) is 4.09. The molecule has 0 bridgehead atoms. The topological polar surface area (TPSA) is 61.8 Å². The lowest BCUT2D eigenvalue weighted by atomic mass is 10.2. The molecular formula is C13H9BrIN3. The van der Waals surface area contributed by atoms with E-state index < -0.39 is 0 Å². The van der Waals surface area contributed by atoms with Crippen molar-refractivity contribution in [1.29, 1.82) is 5.26 Å². The lowest BCUT2D eigenvalue weighted by molar-refractivity contribution is 1.45. The zero-order valence-electron chi connectivity index (χ0n) is 9.24. The largest absolute Gasteiger partial charge is 0.399 e. The number of benzene rings is 2. The Morgan fingerprint density at radius 2 is 1.89 bits per heavy atom. The average Bonchev–Trinajstić information content (AvgIpc) is 2.34. The molecule has 0 heterocycles. The third-order valence-corrected chi connectivity index (χ3v) is 3.91. The van der Waals surface area contributed by atoms with Crippen molar-refractivity contribution in [2.45, 2.75) is 0 Å². The second-order valence-corrected chi connectivity index (χ2v) is 5.69. The summed E-state index contributed by atoms with van der Waals surface area (Å²) in [5.74, 6) is 0. The first kappa shape index (κ1) is 13.2. The first-order chi connectivity index (χ1) is 8.60. The SMILES string of the molecule is N#Cc1ccc(Nc2ccc(N)cc2I)c(Br)c1. The van der Waals surface area contributed by atoms with Gasteiger partial charge in [-0.1, -0.05) is 0 Å². The van der Waals surface area contributed by atoms with Gasteiger partial charge in [-0.05, 0) is 74.9 Å². The third kappa shape index (κ3) is 2.94. The summed E-state index contributed by atoms with van der Waals surface area (Å²) in [6.07, 6.45) is 0. The molecule has 3 N–H and O–H groups in total. The van der Waals surface area contributed by atoms with Crippen LogP contribution in [0.25, 0.3) is 0 Å². The molecule has 2 rings (SSSR count). The molecule has 0 aliphatic carbocycles. The van der Waals surface area contributed by atoms with Crippen LogP contribution >= 0.6 is 38.5 Å². The molecule has 0 aliphatic heterocycles. The van der Waals surface area contributed by atoms with Crippen LogP contribution in [0.4, 0.5) is 17.1 Å². The van der Waals surface area contributed by atoms with Crippen LogP contribution in [0, 0.1) is 14.9 Å². The summed E-state index contributed by atoms with van der Waals surface area (Å²) in [6, 6.07) is 13.2. The van der Waals surface area contributed by atoms with E-state index in [1.165, 1.54) is 0 Å². The van der Waals surface area contributed by atoms with Crippen LogP contribution in [-0.4, -0.2) is 0 Å². The van der Waals surface area contributed by atoms with E-state index in [4.69, 9.17) is 11.0 Å². The molecule has 0 amide bonds. The molecule has 0 spiro atoms. The third-order valence-electron chi connectivity index (χ3n) is 2.36. The summed E-state index contributed by atoms with van der Waals surface area (Å²) < 4.78 is 1.90. The molecule has 0 radical (unpaired) electrons. The van der Waals surface area contributed by atoms with Crippen molar-refractivity contribution in [2.75, 3.05) is 11.1 Å². The van der Waals surface area contributed by atoms with E-state index in [-0.39, 0.29) is 0 Å². The van der Waals surface area contributed by atoms with Crippen molar-refractivity contribution in [1.82, 2.24) is 0 Å². The first-order valence-corrected chi connectivity index (χ1v) is 6.99. The lowest BCUT2D eigenvalue weighted by Crippen LogP contribution is -1.95. The van der Waals surface area contributed by atoms with Gasteiger partial charge < -0.3 is 11.1 Å². The van der Waals surface area contributed by atoms with Crippen molar-refractivity contribution in [2.24, 2.45) is 0 Å². The van der Waals surface area contributed by atoms with E-state index in [2.05, 4.69) is 49.9 Å². The van der Waals surface area contributed by atoms with Crippen LogP contribution in [0.2, 0.25) is 0 Å². The van der Waals surface area contributed by atoms with Crippen molar-refractivity contribution < 1.29 is 0 Å². The Hall–Kier alpha value is -1.26. The minimum Gasteiger partial charge on any atom is -0.399 e. The van der Waals surface area contributed by atoms with Crippen LogP contribution in [0.5, 0.6) is 0 Å². The molecule has 5 heteroatoms. The smallest absolute Gasteiger partial charge is 0.0992 e. The van der Waals surface area contributed by atoms with Crippen molar-refractivity contribution in [3.63, 3.8) is 0 Å². The molecule has 0 aromatic heterocycles. The minimum atomic E-state index is 0.624. The predicted octanol–water partition coefficient (Wildman–Crippen LogP) is 4.25. The summed E-state index contributed by atoms with van der Waals surface area (Å²) in [4.78, 5) is 0. The molecule has 2 aromatic rings. The van der Waals surface area contributed by atoms with E-state index >= 15 is 0 Å². The molecule has 0 saturated heterocycles. The molecule has 3 nitrogen and oxygen atoms in total. The molecule has 18 heavy (non-hydrogen) atoms. The molecule has 2 aromatic carbocycles. The highest BCUT2D eigenvalue weighted by atomic mass is 127. The quantitative estimate of drug-likeness (QED) is 0.571. The second kappa shape index (κ2) is 5.59. The fourth-order valence-corrected chi connectivity index (χ4v) is 2.62. The zero-order valence-corrected chi connectivity index (χ0v) is 13.0. The Morgan fingerprint density at radius 1 is 1.17 bits per heavy atom. The highest BCUT2D eigenvalue weighted by molar-refractivity contribution is 14.1. The van der Waals surface area contributed by atoms with Crippen LogP contribution in [-0.2, 0) is 0 Å². The number of nitrogens with one attached hydrogen (secondary N) is 1. The molecule has 0 saturated carbocycles. The molecule has 0 aliphatic rings. The van der Waals surface area contributed by atoms with Gasteiger partial charge in [-0.15, -0.1) is 0 Å². The lowest BCUT2D eigenvalue weighted by Gasteiger charge is -2.11. The van der Waals surface area contributed by atoms with Gasteiger partial charge in [-0.2, -0.15) is 5.26 Å². The second-order valence-electron chi connectivity index (χ2n) is 3.67. The number of nitrogens with zero attached hydrogens (tertiary/aromatic N) is 1. The molecular weight excluding hydrogens is 405 g/mol. The van der Waals surface area contributed by atoms with Gasteiger partial charge in [0, 0.05) is 13.7 Å². The van der Waals surface area contributed by atoms with E-state index in [1.807, 2.05) is 24.3 Å². The highest BCUT2D eigenvalue weighted by Gasteiger charge is 2.04. The number of nitrogen functional groups attached to an aromatic ring is 1. The Morgan fingerprint density at radius 3 is 2.50 bits per heavy atom. The van der Waals surface area contributed by atoms with Gasteiger partial charge in [0.25, 0.3) is 0 Å². The Bertz CT molecular complexity index is 635. The fourth-order valence-electron chi connectivity index (χ4n) is 1.46.